The summed E-state index contributed by atoms with van der Waals surface area (Å²) in [7, 11) is 2.14. The van der Waals surface area contributed by atoms with Crippen LogP contribution >= 0.6 is 0 Å². The molecule has 0 aromatic heterocycles. The maximum absolute atomic E-state index is 12.6. The van der Waals surface area contributed by atoms with Crippen LogP contribution in [0, 0.1) is 0 Å². The summed E-state index contributed by atoms with van der Waals surface area (Å²) in [4.78, 5) is 14.9. The van der Waals surface area contributed by atoms with E-state index in [1.54, 1.807) is 0 Å². The zero-order valence-electron chi connectivity index (χ0n) is 11.7. The molecule has 3 heterocycles. The van der Waals surface area contributed by atoms with Gasteiger partial charge in [0.1, 0.15) is 11.9 Å². The van der Waals surface area contributed by atoms with Crippen LogP contribution in [-0.2, 0) is 9.53 Å². The van der Waals surface area contributed by atoms with Gasteiger partial charge in [-0.2, -0.15) is 0 Å². The summed E-state index contributed by atoms with van der Waals surface area (Å²) in [6, 6.07) is 11.0. The lowest BCUT2D eigenvalue weighted by molar-refractivity contribution is -0.121. The summed E-state index contributed by atoms with van der Waals surface area (Å²) in [5.74, 6) is 1.26. The van der Waals surface area contributed by atoms with E-state index in [2.05, 4.69) is 11.9 Å². The molecule has 0 N–H and O–H groups in total. The van der Waals surface area contributed by atoms with Gasteiger partial charge in [-0.25, -0.2) is 0 Å². The number of fused-ring (bicyclic) bond motifs is 3. The number of ketones is 1. The molecule has 1 aromatic carbocycles. The molecule has 2 bridgehead atoms. The average Bonchev–Trinajstić information content (AvgIpc) is 2.72. The van der Waals surface area contributed by atoms with Crippen LogP contribution in [0.15, 0.2) is 41.7 Å². The summed E-state index contributed by atoms with van der Waals surface area (Å²) in [5, 5.41) is 0. The monoisotopic (exact) mass is 269 g/mol. The number of benzene rings is 1. The molecule has 4 rings (SSSR count). The summed E-state index contributed by atoms with van der Waals surface area (Å²) in [6.07, 6.45) is 3.58. The van der Waals surface area contributed by atoms with E-state index in [0.29, 0.717) is 18.5 Å². The Morgan fingerprint density at radius 2 is 1.95 bits per heavy atom. The largest absolute Gasteiger partial charge is 0.489 e. The Labute approximate surface area is 119 Å². The van der Waals surface area contributed by atoms with Gasteiger partial charge in [0.2, 0.25) is 0 Å². The molecule has 1 saturated heterocycles. The fraction of sp³-hybridized carbons (Fsp3) is 0.471. The fourth-order valence-corrected chi connectivity index (χ4v) is 3.91. The number of carbonyl (C=O) groups excluding carboxylic acids is 1. The minimum absolute atomic E-state index is 0.0924. The van der Waals surface area contributed by atoms with Gasteiger partial charge in [-0.05, 0) is 25.5 Å². The number of carbonyl (C=O) groups is 1. The molecule has 0 amide bonds. The van der Waals surface area contributed by atoms with Gasteiger partial charge < -0.3 is 4.74 Å². The van der Waals surface area contributed by atoms with E-state index in [9.17, 15) is 4.79 Å². The third-order valence-electron chi connectivity index (χ3n) is 5.02. The quantitative estimate of drug-likeness (QED) is 0.785. The molecule has 3 aliphatic heterocycles. The minimum atomic E-state index is -0.0924. The topological polar surface area (TPSA) is 29.5 Å². The number of likely N-dealkylation sites (N-methyl/N-ethyl adjacent to an activating group) is 1. The molecular formula is C17H19NO2. The van der Waals surface area contributed by atoms with Crippen LogP contribution in [-0.4, -0.2) is 29.8 Å². The van der Waals surface area contributed by atoms with Gasteiger partial charge in [-0.15, -0.1) is 0 Å². The van der Waals surface area contributed by atoms with E-state index in [4.69, 9.17) is 4.74 Å². The van der Waals surface area contributed by atoms with Gasteiger partial charge in [-0.1, -0.05) is 30.3 Å². The lowest BCUT2D eigenvalue weighted by Crippen LogP contribution is -2.42. The zero-order valence-corrected chi connectivity index (χ0v) is 11.7. The van der Waals surface area contributed by atoms with Crippen molar-refractivity contribution in [2.24, 2.45) is 0 Å². The van der Waals surface area contributed by atoms with Crippen molar-refractivity contribution in [3.8, 4) is 0 Å². The van der Waals surface area contributed by atoms with E-state index in [-0.39, 0.29) is 11.9 Å². The molecule has 0 saturated carbocycles. The van der Waals surface area contributed by atoms with Crippen molar-refractivity contribution in [2.45, 2.75) is 43.9 Å². The SMILES string of the molecule is CN1C2CC[C@@H]1C1=C(C2)OC(c2ccccc2)CC1=O. The van der Waals surface area contributed by atoms with E-state index in [1.165, 1.54) is 6.42 Å². The van der Waals surface area contributed by atoms with E-state index in [1.807, 2.05) is 30.3 Å². The highest BCUT2D eigenvalue weighted by Gasteiger charge is 2.45. The van der Waals surface area contributed by atoms with Crippen molar-refractivity contribution in [1.29, 1.82) is 0 Å². The molecule has 0 spiro atoms. The number of hydrogen-bond donors (Lipinski definition) is 0. The van der Waals surface area contributed by atoms with Crippen LogP contribution in [0.25, 0.3) is 0 Å². The first-order valence-corrected chi connectivity index (χ1v) is 7.44. The third kappa shape index (κ3) is 1.73. The van der Waals surface area contributed by atoms with Crippen LogP contribution in [0.3, 0.4) is 0 Å². The number of Topliss-reactive ketones (excluding diaryl/α,β-unsaturated/α-hetero) is 1. The number of nitrogens with zero attached hydrogens (tertiary/aromatic N) is 1. The van der Waals surface area contributed by atoms with Gasteiger partial charge in [-0.3, -0.25) is 9.69 Å². The molecule has 0 aliphatic carbocycles. The third-order valence-corrected chi connectivity index (χ3v) is 5.02. The highest BCUT2D eigenvalue weighted by Crippen LogP contribution is 2.44. The van der Waals surface area contributed by atoms with Crippen molar-refractivity contribution in [3.63, 3.8) is 0 Å². The second kappa shape index (κ2) is 4.45. The van der Waals surface area contributed by atoms with Crippen molar-refractivity contribution in [3.05, 3.63) is 47.2 Å². The Kier molecular flexibility index (Phi) is 2.71. The first-order valence-electron chi connectivity index (χ1n) is 7.44. The second-order valence-corrected chi connectivity index (χ2v) is 6.10. The maximum Gasteiger partial charge on any atom is 0.167 e. The Bertz CT molecular complexity index is 578. The molecule has 20 heavy (non-hydrogen) atoms. The maximum atomic E-state index is 12.6. The van der Waals surface area contributed by atoms with E-state index < -0.39 is 0 Å². The minimum Gasteiger partial charge on any atom is -0.489 e. The van der Waals surface area contributed by atoms with Crippen molar-refractivity contribution in [2.75, 3.05) is 7.05 Å². The van der Waals surface area contributed by atoms with Gasteiger partial charge in [0.25, 0.3) is 0 Å². The number of ether oxygens (including phenoxy) is 1. The molecular weight excluding hydrogens is 250 g/mol. The van der Waals surface area contributed by atoms with Crippen LogP contribution in [0.1, 0.15) is 37.4 Å². The van der Waals surface area contributed by atoms with Crippen LogP contribution < -0.4 is 0 Å². The molecule has 1 aromatic rings. The molecule has 104 valence electrons. The summed E-state index contributed by atoms with van der Waals surface area (Å²) in [5.41, 5.74) is 2.08. The lowest BCUT2D eigenvalue weighted by Gasteiger charge is -2.38. The Morgan fingerprint density at radius 1 is 1.15 bits per heavy atom. The van der Waals surface area contributed by atoms with E-state index in [0.717, 1.165) is 29.7 Å². The molecule has 3 aliphatic rings. The summed E-state index contributed by atoms with van der Waals surface area (Å²) >= 11 is 0. The van der Waals surface area contributed by atoms with Gasteiger partial charge in [0, 0.05) is 18.5 Å². The molecule has 3 nitrogen and oxygen atoms in total. The smallest absolute Gasteiger partial charge is 0.167 e. The Hall–Kier alpha value is -1.61. The molecule has 3 heteroatoms. The van der Waals surface area contributed by atoms with Crippen LogP contribution in [0.2, 0.25) is 0 Å². The van der Waals surface area contributed by atoms with E-state index >= 15 is 0 Å². The second-order valence-electron chi connectivity index (χ2n) is 6.10. The van der Waals surface area contributed by atoms with Crippen molar-refractivity contribution < 1.29 is 9.53 Å². The van der Waals surface area contributed by atoms with Crippen LogP contribution in [0.5, 0.6) is 0 Å². The molecule has 2 unspecified atom stereocenters. The average molecular weight is 269 g/mol. The summed E-state index contributed by atoms with van der Waals surface area (Å²) in [6.45, 7) is 0. The first kappa shape index (κ1) is 12.2. The predicted octanol–water partition coefficient (Wildman–Crippen LogP) is 2.84. The number of rotatable bonds is 1. The Balaban J connectivity index is 1.68. The van der Waals surface area contributed by atoms with Crippen LogP contribution in [0.4, 0.5) is 0 Å². The highest BCUT2D eigenvalue weighted by molar-refractivity contribution is 5.98. The zero-order chi connectivity index (χ0) is 13.7. The number of hydrogen-bond acceptors (Lipinski definition) is 3. The van der Waals surface area contributed by atoms with Crippen molar-refractivity contribution >= 4 is 5.78 Å². The first-order chi connectivity index (χ1) is 9.74. The Morgan fingerprint density at radius 3 is 2.75 bits per heavy atom. The van der Waals surface area contributed by atoms with Crippen molar-refractivity contribution in [1.82, 2.24) is 4.90 Å². The predicted molar refractivity (Wildman–Crippen MR) is 76.1 cm³/mol. The molecule has 3 atom stereocenters. The highest BCUT2D eigenvalue weighted by atomic mass is 16.5. The normalized spacial score (nSPS) is 33.0. The van der Waals surface area contributed by atoms with Gasteiger partial charge >= 0.3 is 0 Å². The molecule has 0 radical (unpaired) electrons. The molecule has 1 fully saturated rings. The fourth-order valence-electron chi connectivity index (χ4n) is 3.91. The standard InChI is InChI=1S/C17H19NO2/c1-18-12-7-8-13(18)17-14(19)10-15(20-16(17)9-12)11-5-3-2-4-6-11/h2-6,12-13,15H,7-10H2,1H3/t12?,13-,15?/m1/s1. The lowest BCUT2D eigenvalue weighted by atomic mass is 9.89. The van der Waals surface area contributed by atoms with Gasteiger partial charge in [0.15, 0.2) is 5.78 Å². The summed E-state index contributed by atoms with van der Waals surface area (Å²) < 4.78 is 6.21. The van der Waals surface area contributed by atoms with Gasteiger partial charge in [0.05, 0.1) is 12.0 Å².